The molecule has 5 nitrogen and oxygen atoms in total. The molecule has 2 amide bonds. The van der Waals surface area contributed by atoms with Crippen molar-refractivity contribution in [2.45, 2.75) is 6.92 Å². The maximum Gasteiger partial charge on any atom is 0.291 e. The summed E-state index contributed by atoms with van der Waals surface area (Å²) in [6, 6.07) is 15.7. The fourth-order valence-electron chi connectivity index (χ4n) is 2.87. The van der Waals surface area contributed by atoms with Crippen molar-refractivity contribution in [3.8, 4) is 0 Å². The quantitative estimate of drug-likeness (QED) is 0.436. The van der Waals surface area contributed by atoms with Crippen molar-refractivity contribution in [1.82, 2.24) is 0 Å². The van der Waals surface area contributed by atoms with Crippen molar-refractivity contribution in [3.63, 3.8) is 0 Å². The lowest BCUT2D eigenvalue weighted by atomic mass is 10.1. The fraction of sp³-hybridized carbons (Fsp3) is 0.0476. The van der Waals surface area contributed by atoms with E-state index in [-0.39, 0.29) is 17.6 Å². The van der Waals surface area contributed by atoms with E-state index in [9.17, 15) is 9.59 Å². The number of benzene rings is 2. The lowest BCUT2D eigenvalue weighted by Crippen LogP contribution is -2.13. The number of fused-ring (bicyclic) bond motifs is 1. The summed E-state index contributed by atoms with van der Waals surface area (Å²) < 4.78 is 5.69. The second kappa shape index (κ2) is 7.50. The van der Waals surface area contributed by atoms with Crippen LogP contribution in [-0.2, 0) is 0 Å². The normalized spacial score (nSPS) is 10.8. The molecule has 4 aromatic rings. The summed E-state index contributed by atoms with van der Waals surface area (Å²) in [6.45, 7) is 1.81. The van der Waals surface area contributed by atoms with Gasteiger partial charge in [-0.25, -0.2) is 0 Å². The van der Waals surface area contributed by atoms with Crippen LogP contribution >= 0.6 is 22.9 Å². The molecule has 0 aliphatic rings. The number of hydrogen-bond acceptors (Lipinski definition) is 4. The number of carbonyl (C=O) groups excluding carboxylic acids is 2. The van der Waals surface area contributed by atoms with Gasteiger partial charge in [0.25, 0.3) is 11.8 Å². The van der Waals surface area contributed by atoms with Gasteiger partial charge in [0, 0.05) is 27.3 Å². The number of halogens is 1. The summed E-state index contributed by atoms with van der Waals surface area (Å²) in [6.07, 6.45) is 0. The minimum atomic E-state index is -0.369. The first kappa shape index (κ1) is 18.3. The molecule has 0 radical (unpaired) electrons. The second-order valence-electron chi connectivity index (χ2n) is 6.16. The van der Waals surface area contributed by atoms with E-state index in [4.69, 9.17) is 16.0 Å². The molecule has 0 saturated carbocycles. The van der Waals surface area contributed by atoms with Gasteiger partial charge in [-0.15, -0.1) is 11.3 Å². The Morgan fingerprint density at radius 1 is 0.964 bits per heavy atom. The van der Waals surface area contributed by atoms with Crippen LogP contribution in [0.2, 0.25) is 5.02 Å². The summed E-state index contributed by atoms with van der Waals surface area (Å²) in [5.74, 6) is -0.333. The summed E-state index contributed by atoms with van der Waals surface area (Å²) in [5, 5.41) is 8.85. The first-order valence-electron chi connectivity index (χ1n) is 8.46. The molecule has 0 saturated heterocycles. The lowest BCUT2D eigenvalue weighted by Gasteiger charge is -2.08. The SMILES string of the molecule is Cc1c(C(=O)Nc2cccc(NC(=O)c3cccs3)c2)oc2ccc(Cl)cc12. The standard InChI is InChI=1S/C21H15ClN2O3S/c1-12-16-10-13(22)7-8-17(16)27-19(12)21(26)24-15-5-2-4-14(11-15)23-20(25)18-6-3-9-28-18/h2-11H,1H3,(H,23,25)(H,24,26). The molecule has 4 rings (SSSR count). The Labute approximate surface area is 169 Å². The van der Waals surface area contributed by atoms with Gasteiger partial charge < -0.3 is 15.1 Å². The Morgan fingerprint density at radius 2 is 1.71 bits per heavy atom. The summed E-state index contributed by atoms with van der Waals surface area (Å²) in [4.78, 5) is 25.5. The number of rotatable bonds is 4. The number of furan rings is 1. The molecule has 0 spiro atoms. The largest absolute Gasteiger partial charge is 0.451 e. The van der Waals surface area contributed by atoms with Crippen LogP contribution in [0.5, 0.6) is 0 Å². The molecule has 7 heteroatoms. The van der Waals surface area contributed by atoms with Crippen molar-refractivity contribution in [2.24, 2.45) is 0 Å². The van der Waals surface area contributed by atoms with Crippen LogP contribution in [0.3, 0.4) is 0 Å². The van der Waals surface area contributed by atoms with E-state index in [2.05, 4.69) is 10.6 Å². The summed E-state index contributed by atoms with van der Waals surface area (Å²) in [5.41, 5.74) is 2.46. The Bertz CT molecular complexity index is 1180. The number of nitrogens with one attached hydrogen (secondary N) is 2. The Kier molecular flexibility index (Phi) is 4.90. The van der Waals surface area contributed by atoms with Gasteiger partial charge in [0.15, 0.2) is 5.76 Å². The lowest BCUT2D eigenvalue weighted by molar-refractivity contribution is 0.0996. The molecule has 0 aliphatic carbocycles. The maximum absolute atomic E-state index is 12.7. The molecule has 0 bridgehead atoms. The molecule has 0 atom stereocenters. The van der Waals surface area contributed by atoms with Gasteiger partial charge in [-0.05, 0) is 54.8 Å². The maximum atomic E-state index is 12.7. The average molecular weight is 411 g/mol. The van der Waals surface area contributed by atoms with E-state index in [0.29, 0.717) is 26.9 Å². The van der Waals surface area contributed by atoms with Gasteiger partial charge in [-0.1, -0.05) is 23.7 Å². The molecule has 0 fully saturated rings. The number of aryl methyl sites for hydroxylation is 1. The summed E-state index contributed by atoms with van der Waals surface area (Å²) in [7, 11) is 0. The van der Waals surface area contributed by atoms with Crippen LogP contribution in [0.15, 0.2) is 64.4 Å². The molecule has 2 N–H and O–H groups in total. The zero-order valence-electron chi connectivity index (χ0n) is 14.8. The van der Waals surface area contributed by atoms with Crippen molar-refractivity contribution in [1.29, 1.82) is 0 Å². The third-order valence-electron chi connectivity index (χ3n) is 4.23. The van der Waals surface area contributed by atoms with Crippen LogP contribution < -0.4 is 10.6 Å². The van der Waals surface area contributed by atoms with E-state index in [1.807, 2.05) is 18.4 Å². The highest BCUT2D eigenvalue weighted by molar-refractivity contribution is 7.12. The average Bonchev–Trinajstić information content (AvgIpc) is 3.31. The number of hydrogen-bond donors (Lipinski definition) is 2. The Hall–Kier alpha value is -3.09. The molecule has 2 heterocycles. The van der Waals surface area contributed by atoms with Crippen LogP contribution in [0.25, 0.3) is 11.0 Å². The van der Waals surface area contributed by atoms with E-state index >= 15 is 0 Å². The summed E-state index contributed by atoms with van der Waals surface area (Å²) >= 11 is 7.39. The fourth-order valence-corrected chi connectivity index (χ4v) is 3.66. The molecule has 0 unspecified atom stereocenters. The monoisotopic (exact) mass is 410 g/mol. The third-order valence-corrected chi connectivity index (χ3v) is 5.33. The van der Waals surface area contributed by atoms with Crippen LogP contribution in [0.1, 0.15) is 25.8 Å². The molecule has 2 aromatic carbocycles. The van der Waals surface area contributed by atoms with Crippen molar-refractivity contribution in [3.05, 3.63) is 81.2 Å². The molecular weight excluding hydrogens is 396 g/mol. The first-order valence-corrected chi connectivity index (χ1v) is 9.72. The van der Waals surface area contributed by atoms with Gasteiger partial charge in [0.1, 0.15) is 5.58 Å². The number of amides is 2. The second-order valence-corrected chi connectivity index (χ2v) is 7.55. The van der Waals surface area contributed by atoms with Crippen LogP contribution in [-0.4, -0.2) is 11.8 Å². The minimum absolute atomic E-state index is 0.191. The molecule has 2 aromatic heterocycles. The highest BCUT2D eigenvalue weighted by atomic mass is 35.5. The van der Waals surface area contributed by atoms with Gasteiger partial charge in [-0.3, -0.25) is 9.59 Å². The molecule has 140 valence electrons. The van der Waals surface area contributed by atoms with Gasteiger partial charge in [0.2, 0.25) is 0 Å². The Balaban J connectivity index is 1.54. The van der Waals surface area contributed by atoms with Crippen LogP contribution in [0.4, 0.5) is 11.4 Å². The van der Waals surface area contributed by atoms with E-state index in [1.54, 1.807) is 48.5 Å². The highest BCUT2D eigenvalue weighted by Crippen LogP contribution is 2.28. The van der Waals surface area contributed by atoms with Crippen molar-refractivity contribution in [2.75, 3.05) is 10.6 Å². The zero-order valence-corrected chi connectivity index (χ0v) is 16.4. The smallest absolute Gasteiger partial charge is 0.291 e. The minimum Gasteiger partial charge on any atom is -0.451 e. The molecule has 28 heavy (non-hydrogen) atoms. The van der Waals surface area contributed by atoms with E-state index in [1.165, 1.54) is 11.3 Å². The number of carbonyl (C=O) groups is 2. The van der Waals surface area contributed by atoms with Crippen LogP contribution in [0, 0.1) is 6.92 Å². The van der Waals surface area contributed by atoms with Gasteiger partial charge in [0.05, 0.1) is 4.88 Å². The Morgan fingerprint density at radius 3 is 2.43 bits per heavy atom. The predicted molar refractivity (Wildman–Crippen MR) is 113 cm³/mol. The topological polar surface area (TPSA) is 71.3 Å². The highest BCUT2D eigenvalue weighted by Gasteiger charge is 2.18. The molecule has 0 aliphatic heterocycles. The van der Waals surface area contributed by atoms with Gasteiger partial charge >= 0.3 is 0 Å². The zero-order chi connectivity index (χ0) is 19.7. The number of thiophene rings is 1. The van der Waals surface area contributed by atoms with Gasteiger partial charge in [-0.2, -0.15) is 0 Å². The predicted octanol–water partition coefficient (Wildman–Crippen LogP) is 5.96. The third kappa shape index (κ3) is 3.65. The molecular formula is C21H15ClN2O3S. The van der Waals surface area contributed by atoms with E-state index < -0.39 is 0 Å². The van der Waals surface area contributed by atoms with Crippen molar-refractivity contribution < 1.29 is 14.0 Å². The number of anilines is 2. The van der Waals surface area contributed by atoms with Crippen molar-refractivity contribution >= 4 is 57.1 Å². The first-order chi connectivity index (χ1) is 13.5. The van der Waals surface area contributed by atoms with E-state index in [0.717, 1.165) is 10.9 Å².